The van der Waals surface area contributed by atoms with E-state index >= 15 is 0 Å². The topological polar surface area (TPSA) is 98.4 Å². The average molecular weight is 371 g/mol. The van der Waals surface area contributed by atoms with Crippen molar-refractivity contribution in [2.45, 2.75) is 44.1 Å². The maximum absolute atomic E-state index is 13.0. The van der Waals surface area contributed by atoms with Gasteiger partial charge in [0.05, 0.1) is 23.5 Å². The van der Waals surface area contributed by atoms with Gasteiger partial charge in [0.2, 0.25) is 17.7 Å². The number of piperidine rings is 1. The van der Waals surface area contributed by atoms with Crippen molar-refractivity contribution in [3.63, 3.8) is 0 Å². The summed E-state index contributed by atoms with van der Waals surface area (Å²) < 4.78 is 0. The summed E-state index contributed by atoms with van der Waals surface area (Å²) in [6.07, 6.45) is 6.24. The van der Waals surface area contributed by atoms with Gasteiger partial charge in [-0.3, -0.25) is 14.4 Å². The first-order valence-electron chi connectivity index (χ1n) is 9.98. The van der Waals surface area contributed by atoms with Gasteiger partial charge in [0.15, 0.2) is 0 Å². The molecule has 1 aliphatic carbocycles. The molecule has 0 bridgehead atoms. The maximum Gasteiger partial charge on any atom is 0.227 e. The number of nitrogens with one attached hydrogen (secondary N) is 2. The molecule has 1 unspecified atom stereocenters. The molecule has 1 aromatic rings. The molecule has 4 heterocycles. The Hall–Kier alpha value is -2.38. The van der Waals surface area contributed by atoms with E-state index in [2.05, 4.69) is 20.2 Å². The van der Waals surface area contributed by atoms with Crippen molar-refractivity contribution in [1.82, 2.24) is 25.1 Å². The van der Waals surface area contributed by atoms with Crippen LogP contribution in [-0.4, -0.2) is 63.7 Å². The van der Waals surface area contributed by atoms with E-state index in [0.717, 1.165) is 37.2 Å². The van der Waals surface area contributed by atoms with Crippen LogP contribution in [0.25, 0.3) is 0 Å². The van der Waals surface area contributed by atoms with Crippen molar-refractivity contribution in [3.05, 3.63) is 17.7 Å². The minimum atomic E-state index is -0.395. The van der Waals surface area contributed by atoms with Crippen LogP contribution in [0.5, 0.6) is 0 Å². The lowest BCUT2D eigenvalue weighted by Gasteiger charge is -2.50. The average Bonchev–Trinajstić information content (AvgIpc) is 3.25. The normalized spacial score (nSPS) is 26.8. The molecule has 4 aliphatic rings. The predicted molar refractivity (Wildman–Crippen MR) is 95.3 cm³/mol. The van der Waals surface area contributed by atoms with E-state index in [1.54, 1.807) is 6.33 Å². The van der Waals surface area contributed by atoms with Crippen LogP contribution in [0.1, 0.15) is 43.5 Å². The Labute approximate surface area is 157 Å². The number of amides is 3. The fraction of sp³-hybridized carbons (Fsp3) is 0.684. The number of hydrogen-bond acceptors (Lipinski definition) is 4. The number of nitrogens with zero attached hydrogens (tertiary/aromatic N) is 3. The highest BCUT2D eigenvalue weighted by Gasteiger charge is 2.51. The second-order valence-corrected chi connectivity index (χ2v) is 8.31. The third-order valence-corrected chi connectivity index (χ3v) is 6.68. The van der Waals surface area contributed by atoms with Gasteiger partial charge < -0.3 is 20.1 Å². The number of hydrogen-bond donors (Lipinski definition) is 2. The molecule has 8 heteroatoms. The van der Waals surface area contributed by atoms with Gasteiger partial charge in [-0.15, -0.1) is 0 Å². The molecule has 144 valence electrons. The third kappa shape index (κ3) is 2.64. The smallest absolute Gasteiger partial charge is 0.227 e. The summed E-state index contributed by atoms with van der Waals surface area (Å²) in [6.45, 7) is 2.36. The van der Waals surface area contributed by atoms with E-state index in [1.165, 1.54) is 0 Å². The van der Waals surface area contributed by atoms with Gasteiger partial charge in [0, 0.05) is 50.6 Å². The molecule has 1 spiro atoms. The van der Waals surface area contributed by atoms with Gasteiger partial charge in [-0.25, -0.2) is 4.98 Å². The number of carbonyl (C=O) groups is 3. The molecular formula is C19H25N5O3. The van der Waals surface area contributed by atoms with Crippen LogP contribution in [0.4, 0.5) is 0 Å². The highest BCUT2D eigenvalue weighted by molar-refractivity contribution is 5.89. The quantitative estimate of drug-likeness (QED) is 0.774. The molecule has 2 saturated heterocycles. The number of fused-ring (bicyclic) bond motifs is 2. The van der Waals surface area contributed by atoms with Crippen LogP contribution >= 0.6 is 0 Å². The molecule has 27 heavy (non-hydrogen) atoms. The van der Waals surface area contributed by atoms with E-state index < -0.39 is 5.54 Å². The molecule has 3 fully saturated rings. The Balaban J connectivity index is 1.37. The SMILES string of the molecule is O=C1CC(C(=O)N2CCC3(CC2)c2nc[nH]c2CCN3C(=O)C2CC2)CN1. The van der Waals surface area contributed by atoms with Gasteiger partial charge in [-0.2, -0.15) is 0 Å². The summed E-state index contributed by atoms with van der Waals surface area (Å²) in [6, 6.07) is 0. The highest BCUT2D eigenvalue weighted by Crippen LogP contribution is 2.45. The molecule has 0 radical (unpaired) electrons. The van der Waals surface area contributed by atoms with Gasteiger partial charge in [0.1, 0.15) is 0 Å². The Morgan fingerprint density at radius 3 is 2.56 bits per heavy atom. The van der Waals surface area contributed by atoms with Crippen LogP contribution in [0.2, 0.25) is 0 Å². The van der Waals surface area contributed by atoms with Crippen molar-refractivity contribution >= 4 is 17.7 Å². The first kappa shape index (κ1) is 16.8. The number of aromatic amines is 1. The molecular weight excluding hydrogens is 346 g/mol. The van der Waals surface area contributed by atoms with E-state index in [-0.39, 0.29) is 36.0 Å². The van der Waals surface area contributed by atoms with Crippen LogP contribution in [0.3, 0.4) is 0 Å². The second kappa shape index (κ2) is 6.07. The lowest BCUT2D eigenvalue weighted by atomic mass is 9.78. The van der Waals surface area contributed by atoms with E-state index in [0.29, 0.717) is 32.5 Å². The fourth-order valence-electron chi connectivity index (χ4n) is 4.99. The van der Waals surface area contributed by atoms with Crippen molar-refractivity contribution in [1.29, 1.82) is 0 Å². The second-order valence-electron chi connectivity index (χ2n) is 8.31. The third-order valence-electron chi connectivity index (χ3n) is 6.68. The summed E-state index contributed by atoms with van der Waals surface area (Å²) >= 11 is 0. The van der Waals surface area contributed by atoms with Gasteiger partial charge in [0.25, 0.3) is 0 Å². The molecule has 2 N–H and O–H groups in total. The molecule has 0 aromatic carbocycles. The zero-order chi connectivity index (χ0) is 18.6. The van der Waals surface area contributed by atoms with Crippen molar-refractivity contribution in [3.8, 4) is 0 Å². The number of likely N-dealkylation sites (tertiary alicyclic amines) is 1. The van der Waals surface area contributed by atoms with Gasteiger partial charge in [-0.1, -0.05) is 0 Å². The minimum absolute atomic E-state index is 0.0449. The Morgan fingerprint density at radius 2 is 1.89 bits per heavy atom. The molecule has 1 aromatic heterocycles. The molecule has 8 nitrogen and oxygen atoms in total. The summed E-state index contributed by atoms with van der Waals surface area (Å²) in [4.78, 5) is 49.0. The van der Waals surface area contributed by atoms with E-state index in [9.17, 15) is 14.4 Å². The lowest BCUT2D eigenvalue weighted by molar-refractivity contribution is -0.147. The Morgan fingerprint density at radius 1 is 1.11 bits per heavy atom. The zero-order valence-electron chi connectivity index (χ0n) is 15.4. The highest BCUT2D eigenvalue weighted by atomic mass is 16.2. The summed E-state index contributed by atoms with van der Waals surface area (Å²) in [5.41, 5.74) is 1.72. The Kier molecular flexibility index (Phi) is 3.77. The first-order chi connectivity index (χ1) is 13.1. The van der Waals surface area contributed by atoms with Crippen LogP contribution < -0.4 is 5.32 Å². The largest absolute Gasteiger partial charge is 0.355 e. The summed E-state index contributed by atoms with van der Waals surface area (Å²) in [7, 11) is 0. The first-order valence-corrected chi connectivity index (χ1v) is 9.98. The molecule has 3 amide bonds. The van der Waals surface area contributed by atoms with Crippen LogP contribution in [-0.2, 0) is 26.3 Å². The molecule has 3 aliphatic heterocycles. The van der Waals surface area contributed by atoms with Crippen LogP contribution in [0.15, 0.2) is 6.33 Å². The van der Waals surface area contributed by atoms with Crippen LogP contribution in [0, 0.1) is 11.8 Å². The lowest BCUT2D eigenvalue weighted by Crippen LogP contribution is -2.59. The number of carbonyl (C=O) groups excluding carboxylic acids is 3. The maximum atomic E-state index is 13.0. The molecule has 1 saturated carbocycles. The summed E-state index contributed by atoms with van der Waals surface area (Å²) in [5, 5.41) is 2.74. The standard InChI is InChI=1S/C19H25N5O3/c25-15-9-13(10-20-15)17(26)23-7-4-19(5-8-23)16-14(21-11-22-16)3-6-24(19)18(27)12-1-2-12/h11-13H,1-10H2,(H,20,25)(H,21,22). The van der Waals surface area contributed by atoms with E-state index in [1.807, 2.05) is 4.90 Å². The predicted octanol–water partition coefficient (Wildman–Crippen LogP) is 0.158. The van der Waals surface area contributed by atoms with Crippen molar-refractivity contribution in [2.24, 2.45) is 11.8 Å². The fourth-order valence-corrected chi connectivity index (χ4v) is 4.99. The summed E-state index contributed by atoms with van der Waals surface area (Å²) in [5.74, 6) is 0.201. The number of H-pyrrole nitrogens is 1. The van der Waals surface area contributed by atoms with Gasteiger partial charge >= 0.3 is 0 Å². The number of imidazole rings is 1. The monoisotopic (exact) mass is 371 g/mol. The minimum Gasteiger partial charge on any atom is -0.355 e. The Bertz CT molecular complexity index is 791. The molecule has 5 rings (SSSR count). The zero-order valence-corrected chi connectivity index (χ0v) is 15.4. The molecule has 1 atom stereocenters. The van der Waals surface area contributed by atoms with Gasteiger partial charge in [-0.05, 0) is 25.7 Å². The number of aromatic nitrogens is 2. The van der Waals surface area contributed by atoms with E-state index in [4.69, 9.17) is 0 Å². The van der Waals surface area contributed by atoms with Crippen molar-refractivity contribution < 1.29 is 14.4 Å². The van der Waals surface area contributed by atoms with Crippen molar-refractivity contribution in [2.75, 3.05) is 26.2 Å². The number of rotatable bonds is 2.